The minimum atomic E-state index is 0.106. The van der Waals surface area contributed by atoms with Gasteiger partial charge in [0.15, 0.2) is 5.96 Å². The van der Waals surface area contributed by atoms with E-state index in [0.717, 1.165) is 65.0 Å². The van der Waals surface area contributed by atoms with E-state index in [1.165, 1.54) is 6.42 Å². The van der Waals surface area contributed by atoms with Crippen LogP contribution in [0.1, 0.15) is 45.4 Å². The van der Waals surface area contributed by atoms with Gasteiger partial charge in [-0.2, -0.15) is 0 Å². The van der Waals surface area contributed by atoms with E-state index in [1.807, 2.05) is 16.7 Å². The molecule has 0 radical (unpaired) electrons. The molecule has 136 valence electrons. The number of hydrogen-bond donors (Lipinski definition) is 2. The molecule has 2 amide bonds. The lowest BCUT2D eigenvalue weighted by Crippen LogP contribution is -2.41. The van der Waals surface area contributed by atoms with Gasteiger partial charge in [-0.15, -0.1) is 0 Å². The number of guanidine groups is 1. The molecule has 24 heavy (non-hydrogen) atoms. The fraction of sp³-hybridized carbons (Fsp3) is 0.824. The maximum atomic E-state index is 12.2. The van der Waals surface area contributed by atoms with E-state index in [1.54, 1.807) is 0 Å². The number of carbonyl (C=O) groups excluding carboxylic acids is 2. The molecular formula is C17H31N5O2. The topological polar surface area (TPSA) is 77.0 Å². The molecule has 2 fully saturated rings. The first-order chi connectivity index (χ1) is 11.7. The van der Waals surface area contributed by atoms with Gasteiger partial charge in [0.1, 0.15) is 6.54 Å². The minimum Gasteiger partial charge on any atom is -0.357 e. The van der Waals surface area contributed by atoms with Crippen molar-refractivity contribution < 1.29 is 9.59 Å². The molecule has 0 aromatic carbocycles. The van der Waals surface area contributed by atoms with Crippen LogP contribution in [0.4, 0.5) is 0 Å². The monoisotopic (exact) mass is 337 g/mol. The summed E-state index contributed by atoms with van der Waals surface area (Å²) >= 11 is 0. The Kier molecular flexibility index (Phi) is 7.85. The Hall–Kier alpha value is -1.79. The molecule has 0 aliphatic carbocycles. The molecule has 0 atom stereocenters. The van der Waals surface area contributed by atoms with Gasteiger partial charge in [-0.05, 0) is 39.0 Å². The maximum absolute atomic E-state index is 12.2. The van der Waals surface area contributed by atoms with E-state index < -0.39 is 0 Å². The fourth-order valence-electron chi connectivity index (χ4n) is 3.15. The number of nitrogens with zero attached hydrogens (tertiary/aromatic N) is 3. The van der Waals surface area contributed by atoms with Crippen LogP contribution in [0.25, 0.3) is 0 Å². The lowest BCUT2D eigenvalue weighted by molar-refractivity contribution is -0.130. The quantitative estimate of drug-likeness (QED) is 0.404. The zero-order chi connectivity index (χ0) is 17.2. The summed E-state index contributed by atoms with van der Waals surface area (Å²) in [4.78, 5) is 32.0. The molecule has 2 heterocycles. The highest BCUT2D eigenvalue weighted by atomic mass is 16.2. The number of aliphatic imine (C=N–C) groups is 1. The number of piperidine rings is 1. The SMILES string of the molecule is CCNC(=NCC(=O)N1CCCCC1)NCCCN1CCCC1=O. The zero-order valence-electron chi connectivity index (χ0n) is 14.9. The summed E-state index contributed by atoms with van der Waals surface area (Å²) in [5, 5.41) is 6.41. The average molecular weight is 337 g/mol. The zero-order valence-corrected chi connectivity index (χ0v) is 14.9. The summed E-state index contributed by atoms with van der Waals surface area (Å²) in [6.07, 6.45) is 5.98. The first-order valence-corrected chi connectivity index (χ1v) is 9.28. The third-order valence-electron chi connectivity index (χ3n) is 4.49. The minimum absolute atomic E-state index is 0.106. The van der Waals surface area contributed by atoms with Crippen LogP contribution in [0, 0.1) is 0 Å². The molecular weight excluding hydrogens is 306 g/mol. The van der Waals surface area contributed by atoms with E-state index in [2.05, 4.69) is 15.6 Å². The standard InChI is InChI=1S/C17H31N5O2/c1-2-18-17(19-9-7-13-21-12-6-8-15(21)23)20-14-16(24)22-10-4-3-5-11-22/h2-14H2,1H3,(H2,18,19,20). The summed E-state index contributed by atoms with van der Waals surface area (Å²) in [5.41, 5.74) is 0. The first-order valence-electron chi connectivity index (χ1n) is 9.28. The van der Waals surface area contributed by atoms with Crippen LogP contribution in [0.15, 0.2) is 4.99 Å². The Balaban J connectivity index is 1.69. The molecule has 2 aliphatic rings. The second-order valence-corrected chi connectivity index (χ2v) is 6.40. The fourth-order valence-corrected chi connectivity index (χ4v) is 3.15. The molecule has 2 aliphatic heterocycles. The van der Waals surface area contributed by atoms with Gasteiger partial charge in [-0.3, -0.25) is 9.59 Å². The van der Waals surface area contributed by atoms with E-state index in [-0.39, 0.29) is 18.4 Å². The number of likely N-dealkylation sites (tertiary alicyclic amines) is 2. The Morgan fingerprint density at radius 1 is 1.12 bits per heavy atom. The van der Waals surface area contributed by atoms with Crippen molar-refractivity contribution in [3.8, 4) is 0 Å². The molecule has 2 rings (SSSR count). The second kappa shape index (κ2) is 10.2. The van der Waals surface area contributed by atoms with E-state index in [9.17, 15) is 9.59 Å². The molecule has 7 heteroatoms. The third kappa shape index (κ3) is 6.02. The summed E-state index contributed by atoms with van der Waals surface area (Å²) < 4.78 is 0. The van der Waals surface area contributed by atoms with Gasteiger partial charge in [-0.25, -0.2) is 4.99 Å². The summed E-state index contributed by atoms with van der Waals surface area (Å²) in [7, 11) is 0. The molecule has 7 nitrogen and oxygen atoms in total. The van der Waals surface area contributed by atoms with Crippen molar-refractivity contribution in [1.29, 1.82) is 0 Å². The Morgan fingerprint density at radius 2 is 1.92 bits per heavy atom. The van der Waals surface area contributed by atoms with Crippen molar-refractivity contribution in [2.24, 2.45) is 4.99 Å². The second-order valence-electron chi connectivity index (χ2n) is 6.40. The predicted molar refractivity (Wildman–Crippen MR) is 94.8 cm³/mol. The summed E-state index contributed by atoms with van der Waals surface area (Å²) in [5.74, 6) is 1.05. The molecule has 2 saturated heterocycles. The maximum Gasteiger partial charge on any atom is 0.244 e. The number of hydrogen-bond acceptors (Lipinski definition) is 3. The van der Waals surface area contributed by atoms with Crippen molar-refractivity contribution >= 4 is 17.8 Å². The van der Waals surface area contributed by atoms with Crippen molar-refractivity contribution in [1.82, 2.24) is 20.4 Å². The number of amides is 2. The molecule has 0 saturated carbocycles. The van der Waals surface area contributed by atoms with Crippen LogP contribution in [-0.2, 0) is 9.59 Å². The van der Waals surface area contributed by atoms with Crippen LogP contribution < -0.4 is 10.6 Å². The van der Waals surface area contributed by atoms with Gasteiger partial charge in [0, 0.05) is 45.7 Å². The Bertz CT molecular complexity index is 446. The molecule has 0 bridgehead atoms. The lowest BCUT2D eigenvalue weighted by Gasteiger charge is -2.26. The van der Waals surface area contributed by atoms with Crippen LogP contribution >= 0.6 is 0 Å². The number of carbonyl (C=O) groups is 2. The van der Waals surface area contributed by atoms with Crippen LogP contribution in [0.3, 0.4) is 0 Å². The highest BCUT2D eigenvalue weighted by molar-refractivity contribution is 5.85. The van der Waals surface area contributed by atoms with Crippen molar-refractivity contribution in [3.05, 3.63) is 0 Å². The normalized spacial score (nSPS) is 18.9. The van der Waals surface area contributed by atoms with Gasteiger partial charge in [0.2, 0.25) is 11.8 Å². The average Bonchev–Trinajstić information content (AvgIpc) is 3.02. The smallest absolute Gasteiger partial charge is 0.244 e. The van der Waals surface area contributed by atoms with Crippen molar-refractivity contribution in [3.63, 3.8) is 0 Å². The summed E-state index contributed by atoms with van der Waals surface area (Å²) in [6.45, 7) is 7.11. The number of rotatable bonds is 7. The van der Waals surface area contributed by atoms with Gasteiger partial charge >= 0.3 is 0 Å². The number of nitrogens with one attached hydrogen (secondary N) is 2. The van der Waals surface area contributed by atoms with Gasteiger partial charge < -0.3 is 20.4 Å². The Morgan fingerprint density at radius 3 is 2.58 bits per heavy atom. The largest absolute Gasteiger partial charge is 0.357 e. The highest BCUT2D eigenvalue weighted by Gasteiger charge is 2.19. The third-order valence-corrected chi connectivity index (χ3v) is 4.49. The molecule has 0 aromatic rings. The van der Waals surface area contributed by atoms with E-state index in [0.29, 0.717) is 12.4 Å². The summed E-state index contributed by atoms with van der Waals surface area (Å²) in [6, 6.07) is 0. The molecule has 0 unspecified atom stereocenters. The van der Waals surface area contributed by atoms with Crippen LogP contribution in [0.5, 0.6) is 0 Å². The van der Waals surface area contributed by atoms with E-state index in [4.69, 9.17) is 0 Å². The van der Waals surface area contributed by atoms with E-state index >= 15 is 0 Å². The van der Waals surface area contributed by atoms with Crippen LogP contribution in [0.2, 0.25) is 0 Å². The van der Waals surface area contributed by atoms with Crippen molar-refractivity contribution in [2.45, 2.75) is 45.4 Å². The van der Waals surface area contributed by atoms with Gasteiger partial charge in [0.25, 0.3) is 0 Å². The van der Waals surface area contributed by atoms with Gasteiger partial charge in [0.05, 0.1) is 0 Å². The highest BCUT2D eigenvalue weighted by Crippen LogP contribution is 2.09. The lowest BCUT2D eigenvalue weighted by atomic mass is 10.1. The predicted octanol–water partition coefficient (Wildman–Crippen LogP) is 0.567. The first kappa shape index (κ1) is 18.5. The molecule has 0 spiro atoms. The van der Waals surface area contributed by atoms with Crippen LogP contribution in [-0.4, -0.2) is 73.4 Å². The molecule has 2 N–H and O–H groups in total. The molecule has 0 aromatic heterocycles. The van der Waals surface area contributed by atoms with Gasteiger partial charge in [-0.1, -0.05) is 0 Å². The van der Waals surface area contributed by atoms with Crippen molar-refractivity contribution in [2.75, 3.05) is 45.8 Å². The Labute approximate surface area is 144 Å².